The van der Waals surface area contributed by atoms with Crippen LogP contribution in [0.1, 0.15) is 46.4 Å². The van der Waals surface area contributed by atoms with Gasteiger partial charge in [-0.05, 0) is 54.3 Å². The Balaban J connectivity index is 1.68. The average molecular weight is 437 g/mol. The van der Waals surface area contributed by atoms with Crippen molar-refractivity contribution in [1.82, 2.24) is 9.62 Å². The van der Waals surface area contributed by atoms with Crippen molar-refractivity contribution in [2.24, 2.45) is 0 Å². The monoisotopic (exact) mass is 436 g/mol. The molecule has 0 unspecified atom stereocenters. The number of benzene rings is 3. The van der Waals surface area contributed by atoms with Gasteiger partial charge in [-0.1, -0.05) is 61.5 Å². The molecule has 0 aliphatic carbocycles. The molecule has 5 nitrogen and oxygen atoms in total. The van der Waals surface area contributed by atoms with Crippen molar-refractivity contribution in [1.29, 1.82) is 0 Å². The van der Waals surface area contributed by atoms with Crippen LogP contribution in [0.15, 0.2) is 83.8 Å². The molecule has 0 radical (unpaired) electrons. The molecule has 0 fully saturated rings. The fourth-order valence-corrected chi connectivity index (χ4v) is 4.68. The van der Waals surface area contributed by atoms with E-state index < -0.39 is 10.0 Å². The minimum Gasteiger partial charge on any atom is -0.345 e. The molecule has 6 heteroatoms. The van der Waals surface area contributed by atoms with Gasteiger partial charge in [0, 0.05) is 19.2 Å². The van der Waals surface area contributed by atoms with Crippen molar-refractivity contribution < 1.29 is 13.2 Å². The molecule has 3 aromatic rings. The lowest BCUT2D eigenvalue weighted by Gasteiger charge is -2.20. The molecule has 3 aromatic carbocycles. The third-order valence-corrected chi connectivity index (χ3v) is 7.17. The zero-order chi connectivity index (χ0) is 22.4. The number of rotatable bonds is 8. The second-order valence-electron chi connectivity index (χ2n) is 7.56. The maximum atomic E-state index is 12.8. The predicted octanol–water partition coefficient (Wildman–Crippen LogP) is 4.70. The molecule has 1 atom stereocenters. The first-order valence-corrected chi connectivity index (χ1v) is 11.7. The number of hydrogen-bond donors (Lipinski definition) is 1. The van der Waals surface area contributed by atoms with Crippen LogP contribution < -0.4 is 5.32 Å². The maximum Gasteiger partial charge on any atom is 0.251 e. The second-order valence-corrected chi connectivity index (χ2v) is 9.61. The minimum atomic E-state index is -3.56. The summed E-state index contributed by atoms with van der Waals surface area (Å²) in [6.45, 7) is 4.31. The van der Waals surface area contributed by atoms with E-state index in [1.165, 1.54) is 4.31 Å². The molecule has 0 heterocycles. The van der Waals surface area contributed by atoms with Gasteiger partial charge >= 0.3 is 0 Å². The lowest BCUT2D eigenvalue weighted by atomic mass is 9.99. The largest absolute Gasteiger partial charge is 0.345 e. The quantitative estimate of drug-likeness (QED) is 0.557. The van der Waals surface area contributed by atoms with E-state index in [1.807, 2.05) is 38.1 Å². The summed E-state index contributed by atoms with van der Waals surface area (Å²) in [5.74, 6) is -0.146. The highest BCUT2D eigenvalue weighted by Crippen LogP contribution is 2.21. The summed E-state index contributed by atoms with van der Waals surface area (Å²) in [7, 11) is -2.01. The Hall–Kier alpha value is -2.96. The number of hydrogen-bond acceptors (Lipinski definition) is 3. The molecular weight excluding hydrogens is 408 g/mol. The summed E-state index contributed by atoms with van der Waals surface area (Å²) in [6, 6.07) is 23.4. The van der Waals surface area contributed by atoms with E-state index >= 15 is 0 Å². The maximum absolute atomic E-state index is 12.8. The molecule has 0 spiro atoms. The molecule has 3 rings (SSSR count). The van der Waals surface area contributed by atoms with Crippen LogP contribution in [0.25, 0.3) is 0 Å². The lowest BCUT2D eigenvalue weighted by molar-refractivity contribution is 0.0935. The van der Waals surface area contributed by atoms with Gasteiger partial charge in [-0.2, -0.15) is 4.31 Å². The first-order chi connectivity index (χ1) is 14.8. The molecule has 0 saturated carbocycles. The molecule has 31 heavy (non-hydrogen) atoms. The normalized spacial score (nSPS) is 12.5. The van der Waals surface area contributed by atoms with Crippen molar-refractivity contribution in [2.45, 2.75) is 37.8 Å². The van der Waals surface area contributed by atoms with Gasteiger partial charge in [0.1, 0.15) is 0 Å². The molecule has 0 aliphatic rings. The number of carbonyl (C=O) groups excluding carboxylic acids is 1. The van der Waals surface area contributed by atoms with E-state index in [0.29, 0.717) is 5.56 Å². The van der Waals surface area contributed by atoms with E-state index in [9.17, 15) is 13.2 Å². The molecule has 0 saturated heterocycles. The fraction of sp³-hybridized carbons (Fsp3) is 0.240. The third-order valence-electron chi connectivity index (χ3n) is 5.35. The van der Waals surface area contributed by atoms with E-state index in [1.54, 1.807) is 61.6 Å². The van der Waals surface area contributed by atoms with Crippen LogP contribution in [0, 0.1) is 6.92 Å². The highest BCUT2D eigenvalue weighted by atomic mass is 32.2. The Bertz CT molecular complexity index is 1130. The van der Waals surface area contributed by atoms with E-state index in [4.69, 9.17) is 0 Å². The Morgan fingerprint density at radius 3 is 2.16 bits per heavy atom. The van der Waals surface area contributed by atoms with Crippen LogP contribution in [-0.2, 0) is 16.6 Å². The van der Waals surface area contributed by atoms with Crippen LogP contribution in [0.2, 0.25) is 0 Å². The standard InChI is InChI=1S/C25H28N2O3S/c1-4-24(23-13-9-8-10-19(23)2)26-25(28)21-16-14-20(15-17-21)18-27(3)31(29,30)22-11-6-5-7-12-22/h5-17,24H,4,18H2,1-3H3,(H,26,28)/t24-/m0/s1. The number of amides is 1. The Kier molecular flexibility index (Phi) is 7.25. The minimum absolute atomic E-state index is 0.0597. The third kappa shape index (κ3) is 5.40. The zero-order valence-electron chi connectivity index (χ0n) is 18.1. The van der Waals surface area contributed by atoms with Gasteiger partial charge < -0.3 is 5.32 Å². The van der Waals surface area contributed by atoms with Crippen molar-refractivity contribution in [3.63, 3.8) is 0 Å². The van der Waals surface area contributed by atoms with Crippen LogP contribution in [-0.4, -0.2) is 25.7 Å². The van der Waals surface area contributed by atoms with Crippen molar-refractivity contribution in [3.05, 3.63) is 101 Å². The Morgan fingerprint density at radius 1 is 0.935 bits per heavy atom. The molecule has 162 valence electrons. The average Bonchev–Trinajstić information content (AvgIpc) is 2.79. The van der Waals surface area contributed by atoms with Crippen molar-refractivity contribution in [2.75, 3.05) is 7.05 Å². The Labute approximate surface area is 184 Å². The number of nitrogens with zero attached hydrogens (tertiary/aromatic N) is 1. The highest BCUT2D eigenvalue weighted by molar-refractivity contribution is 7.89. The number of aryl methyl sites for hydroxylation is 1. The van der Waals surface area contributed by atoms with Crippen molar-refractivity contribution >= 4 is 15.9 Å². The Morgan fingerprint density at radius 2 is 1.55 bits per heavy atom. The topological polar surface area (TPSA) is 66.5 Å². The van der Waals surface area contributed by atoms with E-state index in [0.717, 1.165) is 23.1 Å². The van der Waals surface area contributed by atoms with Gasteiger partial charge in [0.05, 0.1) is 10.9 Å². The van der Waals surface area contributed by atoms with Gasteiger partial charge in [-0.3, -0.25) is 4.79 Å². The molecule has 1 amide bonds. The van der Waals surface area contributed by atoms with Gasteiger partial charge in [0.2, 0.25) is 10.0 Å². The first kappa shape index (κ1) is 22.7. The molecular formula is C25H28N2O3S. The van der Waals surface area contributed by atoms with Crippen molar-refractivity contribution in [3.8, 4) is 0 Å². The number of sulfonamides is 1. The molecule has 0 bridgehead atoms. The molecule has 0 aliphatic heterocycles. The summed E-state index contributed by atoms with van der Waals surface area (Å²) in [4.78, 5) is 13.0. The van der Waals surface area contributed by atoms with Gasteiger partial charge in [0.25, 0.3) is 5.91 Å². The van der Waals surface area contributed by atoms with E-state index in [2.05, 4.69) is 5.32 Å². The summed E-state index contributed by atoms with van der Waals surface area (Å²) < 4.78 is 26.7. The van der Waals surface area contributed by atoms with Gasteiger partial charge in [0.15, 0.2) is 0 Å². The zero-order valence-corrected chi connectivity index (χ0v) is 18.9. The summed E-state index contributed by atoms with van der Waals surface area (Å²) in [6.07, 6.45) is 0.789. The smallest absolute Gasteiger partial charge is 0.251 e. The van der Waals surface area contributed by atoms with Gasteiger partial charge in [-0.15, -0.1) is 0 Å². The van der Waals surface area contributed by atoms with Crippen LogP contribution in [0.5, 0.6) is 0 Å². The number of nitrogens with one attached hydrogen (secondary N) is 1. The number of carbonyl (C=O) groups is 1. The summed E-state index contributed by atoms with van der Waals surface area (Å²) in [5, 5.41) is 3.10. The summed E-state index contributed by atoms with van der Waals surface area (Å²) in [5.41, 5.74) is 3.62. The van der Waals surface area contributed by atoms with Crippen LogP contribution in [0.4, 0.5) is 0 Å². The first-order valence-electron chi connectivity index (χ1n) is 10.3. The van der Waals surface area contributed by atoms with E-state index in [-0.39, 0.29) is 23.4 Å². The lowest BCUT2D eigenvalue weighted by Crippen LogP contribution is -2.29. The molecule has 0 aromatic heterocycles. The predicted molar refractivity (Wildman–Crippen MR) is 123 cm³/mol. The SMILES string of the molecule is CC[C@H](NC(=O)c1ccc(CN(C)S(=O)(=O)c2ccccc2)cc1)c1ccccc1C. The second kappa shape index (κ2) is 9.90. The van der Waals surface area contributed by atoms with Gasteiger partial charge in [-0.25, -0.2) is 8.42 Å². The van der Waals surface area contributed by atoms with Crippen LogP contribution >= 0.6 is 0 Å². The fourth-order valence-electron chi connectivity index (χ4n) is 3.50. The van der Waals surface area contributed by atoms with Crippen LogP contribution in [0.3, 0.4) is 0 Å². The highest BCUT2D eigenvalue weighted by Gasteiger charge is 2.21. The summed E-state index contributed by atoms with van der Waals surface area (Å²) >= 11 is 0. The molecule has 1 N–H and O–H groups in total.